The highest BCUT2D eigenvalue weighted by atomic mass is 16.6. The van der Waals surface area contributed by atoms with Crippen LogP contribution in [0.15, 0.2) is 48.5 Å². The van der Waals surface area contributed by atoms with E-state index in [0.717, 1.165) is 0 Å². The maximum absolute atomic E-state index is 14.3. The van der Waals surface area contributed by atoms with E-state index in [1.807, 2.05) is 20.8 Å². The van der Waals surface area contributed by atoms with Gasteiger partial charge in [-0.1, -0.05) is 31.2 Å². The lowest BCUT2D eigenvalue weighted by atomic mass is 9.99. The lowest BCUT2D eigenvalue weighted by Crippen LogP contribution is -2.55. The zero-order valence-electron chi connectivity index (χ0n) is 22.9. The van der Waals surface area contributed by atoms with Gasteiger partial charge in [-0.2, -0.15) is 0 Å². The molecule has 0 bridgehead atoms. The van der Waals surface area contributed by atoms with E-state index in [4.69, 9.17) is 4.74 Å². The first kappa shape index (κ1) is 28.8. The van der Waals surface area contributed by atoms with Gasteiger partial charge in [-0.25, -0.2) is 4.79 Å². The van der Waals surface area contributed by atoms with Gasteiger partial charge in [0, 0.05) is 18.5 Å². The highest BCUT2D eigenvalue weighted by molar-refractivity contribution is 5.93. The Hall–Kier alpha value is -3.75. The van der Waals surface area contributed by atoms with Crippen LogP contribution in [0.2, 0.25) is 0 Å². The van der Waals surface area contributed by atoms with E-state index in [-0.39, 0.29) is 41.8 Å². The van der Waals surface area contributed by atoms with Gasteiger partial charge in [0.1, 0.15) is 29.2 Å². The van der Waals surface area contributed by atoms with Crippen LogP contribution in [0.25, 0.3) is 0 Å². The number of amides is 3. The second-order valence-electron chi connectivity index (χ2n) is 11.3. The van der Waals surface area contributed by atoms with Crippen molar-refractivity contribution in [1.82, 2.24) is 15.5 Å². The summed E-state index contributed by atoms with van der Waals surface area (Å²) in [5, 5.41) is 25.5. The van der Waals surface area contributed by atoms with Crippen molar-refractivity contribution in [2.45, 2.75) is 84.2 Å². The quantitative estimate of drug-likeness (QED) is 0.391. The van der Waals surface area contributed by atoms with Gasteiger partial charge in [0.05, 0.1) is 0 Å². The van der Waals surface area contributed by atoms with Crippen LogP contribution in [0, 0.1) is 5.92 Å². The third-order valence-corrected chi connectivity index (χ3v) is 6.19. The number of benzene rings is 2. The molecule has 0 saturated heterocycles. The molecule has 1 aliphatic rings. The Balaban J connectivity index is 2.04. The molecule has 2 aromatic rings. The van der Waals surface area contributed by atoms with Gasteiger partial charge in [-0.05, 0) is 82.3 Å². The molecule has 0 aliphatic heterocycles. The fourth-order valence-electron chi connectivity index (χ4n) is 4.37. The van der Waals surface area contributed by atoms with E-state index in [1.54, 1.807) is 49.9 Å². The van der Waals surface area contributed by atoms with E-state index >= 15 is 0 Å². The fraction of sp³-hybridized carbons (Fsp3) is 0.483. The molecule has 9 heteroatoms. The van der Waals surface area contributed by atoms with Crippen LogP contribution >= 0.6 is 0 Å². The van der Waals surface area contributed by atoms with Crippen LogP contribution in [0.1, 0.15) is 65.1 Å². The van der Waals surface area contributed by atoms with Crippen LogP contribution in [-0.2, 0) is 20.7 Å². The largest absolute Gasteiger partial charge is 0.508 e. The normalized spacial score (nSPS) is 18.3. The molecule has 4 N–H and O–H groups in total. The van der Waals surface area contributed by atoms with Crippen LogP contribution in [-0.4, -0.2) is 56.7 Å². The Kier molecular flexibility index (Phi) is 8.91. The molecule has 1 saturated carbocycles. The lowest BCUT2D eigenvalue weighted by Gasteiger charge is -2.35. The highest BCUT2D eigenvalue weighted by Gasteiger charge is 2.48. The summed E-state index contributed by atoms with van der Waals surface area (Å²) < 4.78 is 5.44. The minimum Gasteiger partial charge on any atom is -0.508 e. The topological polar surface area (TPSA) is 128 Å². The average molecular weight is 526 g/mol. The van der Waals surface area contributed by atoms with Crippen molar-refractivity contribution in [2.75, 3.05) is 0 Å². The molecule has 4 unspecified atom stereocenters. The molecule has 1 aliphatic carbocycles. The second kappa shape index (κ2) is 11.8. The number of phenols is 2. The van der Waals surface area contributed by atoms with Gasteiger partial charge in [0.2, 0.25) is 11.8 Å². The molecule has 9 nitrogen and oxygen atoms in total. The first-order valence-electron chi connectivity index (χ1n) is 12.9. The molecule has 0 aromatic heterocycles. The van der Waals surface area contributed by atoms with Gasteiger partial charge in [-0.15, -0.1) is 0 Å². The number of rotatable bonds is 9. The van der Waals surface area contributed by atoms with Crippen molar-refractivity contribution in [2.24, 2.45) is 5.92 Å². The van der Waals surface area contributed by atoms with Crippen molar-refractivity contribution in [3.8, 4) is 11.5 Å². The maximum atomic E-state index is 14.3. The maximum Gasteiger partial charge on any atom is 0.408 e. The summed E-state index contributed by atoms with van der Waals surface area (Å²) >= 11 is 0. The summed E-state index contributed by atoms with van der Waals surface area (Å²) in [4.78, 5) is 42.2. The van der Waals surface area contributed by atoms with E-state index in [2.05, 4.69) is 10.6 Å². The number of phenolic OH excluding ortho intramolecular Hbond substituents is 2. The predicted molar refractivity (Wildman–Crippen MR) is 144 cm³/mol. The fourth-order valence-corrected chi connectivity index (χ4v) is 4.37. The van der Waals surface area contributed by atoms with Crippen LogP contribution < -0.4 is 10.6 Å². The summed E-state index contributed by atoms with van der Waals surface area (Å²) in [5.41, 5.74) is 0.403. The predicted octanol–water partition coefficient (Wildman–Crippen LogP) is 4.04. The van der Waals surface area contributed by atoms with Crippen molar-refractivity contribution < 1.29 is 29.3 Å². The number of alkyl carbamates (subject to hydrolysis) is 1. The van der Waals surface area contributed by atoms with Gasteiger partial charge in [0.25, 0.3) is 0 Å². The molecule has 0 spiro atoms. The summed E-state index contributed by atoms with van der Waals surface area (Å²) in [6, 6.07) is 10.2. The van der Waals surface area contributed by atoms with Crippen molar-refractivity contribution in [1.29, 1.82) is 0 Å². The molecule has 3 rings (SSSR count). The number of carbonyl (C=O) groups is 3. The Bertz CT molecular complexity index is 1140. The Morgan fingerprint density at radius 2 is 1.66 bits per heavy atom. The first-order valence-corrected chi connectivity index (χ1v) is 12.9. The molecule has 38 heavy (non-hydrogen) atoms. The first-order chi connectivity index (χ1) is 17.7. The van der Waals surface area contributed by atoms with E-state index in [9.17, 15) is 24.6 Å². The minimum atomic E-state index is -1.05. The molecule has 1 fully saturated rings. The van der Waals surface area contributed by atoms with Crippen LogP contribution in [0.5, 0.6) is 11.5 Å². The summed E-state index contributed by atoms with van der Waals surface area (Å²) in [7, 11) is 0. The second-order valence-corrected chi connectivity index (χ2v) is 11.3. The van der Waals surface area contributed by atoms with Crippen molar-refractivity contribution in [3.63, 3.8) is 0 Å². The molecule has 0 heterocycles. The number of ether oxygens (including phenoxy) is 1. The zero-order chi connectivity index (χ0) is 28.2. The molecule has 2 aromatic carbocycles. The van der Waals surface area contributed by atoms with Crippen LogP contribution in [0.4, 0.5) is 4.79 Å². The Morgan fingerprint density at radius 1 is 1.03 bits per heavy atom. The number of nitrogens with one attached hydrogen (secondary N) is 2. The Labute approximate surface area is 224 Å². The number of carbonyl (C=O) groups excluding carboxylic acids is 3. The van der Waals surface area contributed by atoms with Gasteiger partial charge >= 0.3 is 6.09 Å². The zero-order valence-corrected chi connectivity index (χ0v) is 22.9. The van der Waals surface area contributed by atoms with Gasteiger partial charge in [0.15, 0.2) is 0 Å². The number of aromatic hydroxyl groups is 2. The van der Waals surface area contributed by atoms with E-state index < -0.39 is 29.7 Å². The smallest absolute Gasteiger partial charge is 0.408 e. The standard InChI is InChI=1S/C29H39N3O6/c1-17(2)30-26(35)25(20-8-7-9-22(34)16-20)32(24-14-18(24)3)27(36)23(31-28(37)38-29(4,5)6)15-19-10-12-21(33)13-11-19/h7-13,16-18,23-25,33-34H,14-15H2,1-6H3,(H,30,35)(H,31,37). The molecule has 4 atom stereocenters. The highest BCUT2D eigenvalue weighted by Crippen LogP contribution is 2.41. The molecular formula is C29H39N3O6. The summed E-state index contributed by atoms with van der Waals surface area (Å²) in [5.74, 6) is -0.598. The third-order valence-electron chi connectivity index (χ3n) is 6.19. The third kappa shape index (κ3) is 7.87. The molecular weight excluding hydrogens is 486 g/mol. The lowest BCUT2D eigenvalue weighted by molar-refractivity contribution is -0.143. The van der Waals surface area contributed by atoms with Crippen molar-refractivity contribution in [3.05, 3.63) is 59.7 Å². The number of nitrogens with zero attached hydrogens (tertiary/aromatic N) is 1. The average Bonchev–Trinajstić information content (AvgIpc) is 3.51. The van der Waals surface area contributed by atoms with Crippen molar-refractivity contribution >= 4 is 17.9 Å². The SMILES string of the molecule is CC(C)NC(=O)C(c1cccc(O)c1)N(C(=O)C(Cc1ccc(O)cc1)NC(=O)OC(C)(C)C)C1CC1C. The van der Waals surface area contributed by atoms with Gasteiger partial charge in [-0.3, -0.25) is 9.59 Å². The molecule has 206 valence electrons. The number of hydrogen-bond acceptors (Lipinski definition) is 6. The minimum absolute atomic E-state index is 0.0198. The van der Waals surface area contributed by atoms with Crippen LogP contribution in [0.3, 0.4) is 0 Å². The number of hydrogen-bond donors (Lipinski definition) is 4. The summed E-state index contributed by atoms with van der Waals surface area (Å²) in [6.07, 6.45) is 0.0714. The monoisotopic (exact) mass is 525 g/mol. The van der Waals surface area contributed by atoms with E-state index in [1.165, 1.54) is 24.3 Å². The molecule has 0 radical (unpaired) electrons. The van der Waals surface area contributed by atoms with Gasteiger partial charge < -0.3 is 30.5 Å². The summed E-state index contributed by atoms with van der Waals surface area (Å²) in [6.45, 7) is 10.9. The van der Waals surface area contributed by atoms with E-state index in [0.29, 0.717) is 17.5 Å². The Morgan fingerprint density at radius 3 is 2.18 bits per heavy atom. The molecule has 3 amide bonds.